The van der Waals surface area contributed by atoms with Crippen LogP contribution in [0.2, 0.25) is 0 Å². The molecule has 2 atom stereocenters. The molecular formula is C13H17O4-. The molecule has 0 spiro atoms. The number of ketones is 1. The SMILES string of the molecule is CC(C/C=C/CCC1=CC(O)CC1=O)C(=O)[O-]. The number of carbonyl (C=O) groups is 2. The van der Waals surface area contributed by atoms with E-state index in [4.69, 9.17) is 0 Å². The average Bonchev–Trinajstić information content (AvgIpc) is 2.56. The largest absolute Gasteiger partial charge is 0.550 e. The van der Waals surface area contributed by atoms with Gasteiger partial charge in [0.25, 0.3) is 0 Å². The van der Waals surface area contributed by atoms with Crippen LogP contribution >= 0.6 is 0 Å². The third-order valence-electron chi connectivity index (χ3n) is 2.79. The molecule has 0 amide bonds. The molecule has 0 radical (unpaired) electrons. The molecule has 0 fully saturated rings. The average molecular weight is 237 g/mol. The number of Topliss-reactive ketones (excluding diaryl/α,β-unsaturated/α-hetero) is 1. The molecule has 0 bridgehead atoms. The summed E-state index contributed by atoms with van der Waals surface area (Å²) >= 11 is 0. The summed E-state index contributed by atoms with van der Waals surface area (Å²) in [5.41, 5.74) is 0.676. The molecule has 0 aliphatic heterocycles. The van der Waals surface area contributed by atoms with Crippen molar-refractivity contribution in [1.82, 2.24) is 0 Å². The quantitative estimate of drug-likeness (QED) is 0.676. The van der Waals surface area contributed by atoms with E-state index in [1.165, 1.54) is 0 Å². The van der Waals surface area contributed by atoms with Gasteiger partial charge in [-0.1, -0.05) is 19.1 Å². The first-order valence-electron chi connectivity index (χ1n) is 5.78. The number of carbonyl (C=O) groups excluding carboxylic acids is 2. The van der Waals surface area contributed by atoms with Crippen molar-refractivity contribution < 1.29 is 19.8 Å². The number of rotatable bonds is 6. The van der Waals surface area contributed by atoms with Gasteiger partial charge in [0.1, 0.15) is 0 Å². The summed E-state index contributed by atoms with van der Waals surface area (Å²) in [5, 5.41) is 19.6. The molecule has 1 N–H and O–H groups in total. The molecule has 0 saturated carbocycles. The molecule has 1 rings (SSSR count). The van der Waals surface area contributed by atoms with E-state index < -0.39 is 18.0 Å². The Morgan fingerprint density at radius 1 is 1.65 bits per heavy atom. The van der Waals surface area contributed by atoms with Crippen LogP contribution in [0.25, 0.3) is 0 Å². The minimum atomic E-state index is -1.05. The second-order valence-electron chi connectivity index (χ2n) is 4.35. The number of allylic oxidation sites excluding steroid dienone is 3. The number of carboxylic acids is 1. The van der Waals surface area contributed by atoms with Gasteiger partial charge in [-0.25, -0.2) is 0 Å². The molecular weight excluding hydrogens is 220 g/mol. The number of aliphatic hydroxyl groups excluding tert-OH is 1. The summed E-state index contributed by atoms with van der Waals surface area (Å²) in [6.07, 6.45) is 6.55. The minimum absolute atomic E-state index is 0.00834. The third kappa shape index (κ3) is 4.53. The Morgan fingerprint density at radius 2 is 2.35 bits per heavy atom. The number of hydrogen-bond donors (Lipinski definition) is 1. The lowest BCUT2D eigenvalue weighted by Crippen LogP contribution is -2.29. The molecule has 0 aromatic rings. The van der Waals surface area contributed by atoms with E-state index in [1.807, 2.05) is 6.08 Å². The van der Waals surface area contributed by atoms with Crippen LogP contribution in [0.4, 0.5) is 0 Å². The highest BCUT2D eigenvalue weighted by Gasteiger charge is 2.20. The van der Waals surface area contributed by atoms with Crippen molar-refractivity contribution in [3.8, 4) is 0 Å². The van der Waals surface area contributed by atoms with Gasteiger partial charge in [0.2, 0.25) is 0 Å². The smallest absolute Gasteiger partial charge is 0.161 e. The van der Waals surface area contributed by atoms with Gasteiger partial charge in [0.05, 0.1) is 6.10 Å². The van der Waals surface area contributed by atoms with Crippen molar-refractivity contribution in [2.45, 2.75) is 38.7 Å². The second kappa shape index (κ2) is 6.35. The standard InChI is InChI=1S/C13H18O4/c1-9(13(16)17)5-3-2-4-6-10-7-11(14)8-12(10)15/h2-3,7,9,11,14H,4-6,8H2,1H3,(H,16,17)/p-1/b3-2+. The number of hydrogen-bond acceptors (Lipinski definition) is 4. The zero-order valence-electron chi connectivity index (χ0n) is 9.89. The molecule has 2 unspecified atom stereocenters. The fourth-order valence-corrected chi connectivity index (χ4v) is 1.68. The van der Waals surface area contributed by atoms with E-state index in [0.717, 1.165) is 0 Å². The van der Waals surface area contributed by atoms with E-state index >= 15 is 0 Å². The van der Waals surface area contributed by atoms with Crippen LogP contribution in [0.5, 0.6) is 0 Å². The highest BCUT2D eigenvalue weighted by Crippen LogP contribution is 2.19. The predicted octanol–water partition coefficient (Wildman–Crippen LogP) is 0.359. The maximum Gasteiger partial charge on any atom is 0.161 e. The molecule has 0 aromatic carbocycles. The molecule has 1 aliphatic carbocycles. The van der Waals surface area contributed by atoms with Crippen LogP contribution in [0, 0.1) is 5.92 Å². The molecule has 0 aromatic heterocycles. The van der Waals surface area contributed by atoms with Crippen molar-refractivity contribution >= 4 is 11.8 Å². The number of aliphatic carboxylic acids is 1. The Hall–Kier alpha value is -1.42. The summed E-state index contributed by atoms with van der Waals surface area (Å²) in [5.74, 6) is -1.53. The Kier molecular flexibility index (Phi) is 5.10. The Balaban J connectivity index is 2.24. The van der Waals surface area contributed by atoms with Gasteiger partial charge >= 0.3 is 0 Å². The molecule has 4 heteroatoms. The van der Waals surface area contributed by atoms with E-state index in [-0.39, 0.29) is 12.2 Å². The summed E-state index contributed by atoms with van der Waals surface area (Å²) in [6.45, 7) is 1.60. The van der Waals surface area contributed by atoms with Gasteiger partial charge in [-0.2, -0.15) is 0 Å². The van der Waals surface area contributed by atoms with E-state index in [9.17, 15) is 19.8 Å². The van der Waals surface area contributed by atoms with Crippen molar-refractivity contribution in [3.63, 3.8) is 0 Å². The van der Waals surface area contributed by atoms with Crippen molar-refractivity contribution in [2.24, 2.45) is 5.92 Å². The zero-order chi connectivity index (χ0) is 12.8. The highest BCUT2D eigenvalue weighted by atomic mass is 16.4. The summed E-state index contributed by atoms with van der Waals surface area (Å²) in [6, 6.07) is 0. The van der Waals surface area contributed by atoms with Gasteiger partial charge in [-0.05, 0) is 36.8 Å². The minimum Gasteiger partial charge on any atom is -0.550 e. The Bertz CT molecular complexity index is 354. The Morgan fingerprint density at radius 3 is 2.88 bits per heavy atom. The topological polar surface area (TPSA) is 77.4 Å². The van der Waals surface area contributed by atoms with E-state index in [0.29, 0.717) is 24.8 Å². The van der Waals surface area contributed by atoms with Gasteiger partial charge in [0.15, 0.2) is 5.78 Å². The van der Waals surface area contributed by atoms with Gasteiger partial charge in [-0.15, -0.1) is 0 Å². The summed E-state index contributed by atoms with van der Waals surface area (Å²) in [4.78, 5) is 21.7. The van der Waals surface area contributed by atoms with Crippen LogP contribution in [0.15, 0.2) is 23.8 Å². The number of carboxylic acid groups (broad SMARTS) is 1. The molecule has 94 valence electrons. The maximum atomic E-state index is 11.3. The summed E-state index contributed by atoms with van der Waals surface area (Å²) in [7, 11) is 0. The van der Waals surface area contributed by atoms with Crippen molar-refractivity contribution in [2.75, 3.05) is 0 Å². The fourth-order valence-electron chi connectivity index (χ4n) is 1.68. The highest BCUT2D eigenvalue weighted by molar-refractivity contribution is 5.98. The number of aliphatic hydroxyl groups is 1. The van der Waals surface area contributed by atoms with Crippen LogP contribution in [-0.2, 0) is 9.59 Å². The molecule has 17 heavy (non-hydrogen) atoms. The van der Waals surface area contributed by atoms with Gasteiger partial charge in [0, 0.05) is 12.4 Å². The first-order valence-corrected chi connectivity index (χ1v) is 5.78. The predicted molar refractivity (Wildman–Crippen MR) is 60.9 cm³/mol. The lowest BCUT2D eigenvalue weighted by atomic mass is 10.1. The molecule has 0 heterocycles. The van der Waals surface area contributed by atoms with Gasteiger partial charge < -0.3 is 15.0 Å². The van der Waals surface area contributed by atoms with Crippen LogP contribution in [0.3, 0.4) is 0 Å². The first-order chi connectivity index (χ1) is 8.00. The van der Waals surface area contributed by atoms with Crippen LogP contribution < -0.4 is 5.11 Å². The lowest BCUT2D eigenvalue weighted by Gasteiger charge is -2.08. The Labute approximate surface area is 101 Å². The van der Waals surface area contributed by atoms with Gasteiger partial charge in [-0.3, -0.25) is 4.79 Å². The van der Waals surface area contributed by atoms with E-state index in [2.05, 4.69) is 0 Å². The van der Waals surface area contributed by atoms with Crippen molar-refractivity contribution in [1.29, 1.82) is 0 Å². The van der Waals surface area contributed by atoms with Crippen LogP contribution in [-0.4, -0.2) is 23.0 Å². The fraction of sp³-hybridized carbons (Fsp3) is 0.538. The first kappa shape index (κ1) is 13.6. The normalized spacial score (nSPS) is 21.9. The summed E-state index contributed by atoms with van der Waals surface area (Å²) < 4.78 is 0. The monoisotopic (exact) mass is 237 g/mol. The lowest BCUT2D eigenvalue weighted by molar-refractivity contribution is -0.310. The van der Waals surface area contributed by atoms with Crippen molar-refractivity contribution in [3.05, 3.63) is 23.8 Å². The maximum absolute atomic E-state index is 11.3. The molecule has 1 aliphatic rings. The second-order valence-corrected chi connectivity index (χ2v) is 4.35. The zero-order valence-corrected chi connectivity index (χ0v) is 9.89. The van der Waals surface area contributed by atoms with E-state index in [1.54, 1.807) is 19.1 Å². The molecule has 4 nitrogen and oxygen atoms in total. The molecule has 0 saturated heterocycles. The van der Waals surface area contributed by atoms with Crippen LogP contribution in [0.1, 0.15) is 32.6 Å². The third-order valence-corrected chi connectivity index (χ3v) is 2.79.